The van der Waals surface area contributed by atoms with Crippen molar-refractivity contribution >= 4 is 0 Å². The predicted octanol–water partition coefficient (Wildman–Crippen LogP) is 3.71. The highest BCUT2D eigenvalue weighted by Crippen LogP contribution is 2.78. The first-order chi connectivity index (χ1) is 5.64. The van der Waals surface area contributed by atoms with E-state index in [4.69, 9.17) is 0 Å². The second kappa shape index (κ2) is 2.49. The molecule has 0 radical (unpaired) electrons. The fourth-order valence-corrected chi connectivity index (χ4v) is 3.87. The topological polar surface area (TPSA) is 0 Å². The lowest BCUT2D eigenvalue weighted by Gasteiger charge is -2.40. The Labute approximate surface area is 76.7 Å². The van der Waals surface area contributed by atoms with Gasteiger partial charge in [-0.25, -0.2) is 0 Å². The molecule has 0 nitrogen and oxygen atoms in total. The number of hydrogen-bond donors (Lipinski definition) is 0. The maximum Gasteiger partial charge on any atom is -0.0235 e. The molecule has 2 rings (SSSR count). The van der Waals surface area contributed by atoms with Crippen LogP contribution in [0.25, 0.3) is 0 Å². The normalized spacial score (nSPS) is 56.0. The Balaban J connectivity index is 1.89. The summed E-state index contributed by atoms with van der Waals surface area (Å²) < 4.78 is 0. The third kappa shape index (κ3) is 0.791. The summed E-state index contributed by atoms with van der Waals surface area (Å²) in [4.78, 5) is 0. The zero-order valence-electron chi connectivity index (χ0n) is 8.93. The molecule has 5 unspecified atom stereocenters. The fraction of sp³-hybridized carbons (Fsp3) is 1.00. The lowest BCUT2D eigenvalue weighted by Crippen LogP contribution is -2.34. The number of unbranched alkanes of at least 4 members (excludes halogenated alkanes) is 1. The van der Waals surface area contributed by atoms with Crippen molar-refractivity contribution < 1.29 is 0 Å². The van der Waals surface area contributed by atoms with Gasteiger partial charge in [-0.2, -0.15) is 0 Å². The third-order valence-corrected chi connectivity index (χ3v) is 5.10. The summed E-state index contributed by atoms with van der Waals surface area (Å²) in [5.74, 6) is 4.25. The van der Waals surface area contributed by atoms with Gasteiger partial charge in [-0.1, -0.05) is 40.5 Å². The first-order valence-corrected chi connectivity index (χ1v) is 5.64. The van der Waals surface area contributed by atoms with Crippen molar-refractivity contribution in [3.63, 3.8) is 0 Å². The lowest BCUT2D eigenvalue weighted by atomic mass is 9.65. The smallest absolute Gasteiger partial charge is 0.0235 e. The van der Waals surface area contributed by atoms with Crippen molar-refractivity contribution in [2.24, 2.45) is 29.1 Å². The molecule has 0 aromatic carbocycles. The quantitative estimate of drug-likeness (QED) is 0.599. The molecule has 2 saturated carbocycles. The van der Waals surface area contributed by atoms with Gasteiger partial charge in [0.25, 0.3) is 0 Å². The van der Waals surface area contributed by atoms with E-state index in [0.29, 0.717) is 0 Å². The van der Waals surface area contributed by atoms with Crippen molar-refractivity contribution in [1.29, 1.82) is 0 Å². The van der Waals surface area contributed by atoms with E-state index in [0.717, 1.165) is 29.1 Å². The van der Waals surface area contributed by atoms with E-state index in [1.54, 1.807) is 0 Å². The van der Waals surface area contributed by atoms with Crippen molar-refractivity contribution in [2.45, 2.75) is 47.0 Å². The van der Waals surface area contributed by atoms with Crippen LogP contribution >= 0.6 is 0 Å². The molecule has 0 heterocycles. The van der Waals surface area contributed by atoms with Crippen molar-refractivity contribution in [3.8, 4) is 0 Å². The second-order valence-electron chi connectivity index (χ2n) is 5.28. The Hall–Kier alpha value is 0. The summed E-state index contributed by atoms with van der Waals surface area (Å²) in [7, 11) is 0. The van der Waals surface area contributed by atoms with Gasteiger partial charge in [-0.3, -0.25) is 0 Å². The van der Waals surface area contributed by atoms with Gasteiger partial charge in [0.15, 0.2) is 0 Å². The summed E-state index contributed by atoms with van der Waals surface area (Å²) in [6.07, 6.45) is 4.33. The van der Waals surface area contributed by atoms with Gasteiger partial charge in [-0.05, 0) is 35.5 Å². The SMILES string of the molecule is CCCCC1C(C)C2(C)C(C)C12. The molecule has 2 aliphatic rings. The van der Waals surface area contributed by atoms with Crippen LogP contribution in [-0.4, -0.2) is 0 Å². The maximum absolute atomic E-state index is 2.50. The minimum absolute atomic E-state index is 0.776. The first kappa shape index (κ1) is 8.59. The highest BCUT2D eigenvalue weighted by atomic mass is 14.8. The molecule has 2 fully saturated rings. The molecule has 12 heavy (non-hydrogen) atoms. The molecule has 0 aromatic rings. The largest absolute Gasteiger partial charge is 0.0654 e. The molecular weight excluding hydrogens is 144 g/mol. The zero-order valence-corrected chi connectivity index (χ0v) is 8.93. The van der Waals surface area contributed by atoms with Crippen LogP contribution in [0, 0.1) is 29.1 Å². The van der Waals surface area contributed by atoms with E-state index in [1.165, 1.54) is 19.3 Å². The maximum atomic E-state index is 2.50. The Morgan fingerprint density at radius 1 is 1.17 bits per heavy atom. The summed E-state index contributed by atoms with van der Waals surface area (Å²) >= 11 is 0. The molecule has 0 N–H and O–H groups in total. The minimum Gasteiger partial charge on any atom is -0.0654 e. The molecule has 0 amide bonds. The standard InChI is InChI=1S/C12H22/c1-5-6-7-10-8(2)12(4)9(3)11(10)12/h8-11H,5-7H2,1-4H3. The van der Waals surface area contributed by atoms with Crippen LogP contribution in [-0.2, 0) is 0 Å². The summed E-state index contributed by atoms with van der Waals surface area (Å²) in [6.45, 7) is 9.72. The molecular formula is C12H22. The number of fused-ring (bicyclic) bond motifs is 1. The zero-order chi connectivity index (χ0) is 8.93. The van der Waals surface area contributed by atoms with Gasteiger partial charge in [0.1, 0.15) is 0 Å². The van der Waals surface area contributed by atoms with Gasteiger partial charge in [-0.15, -0.1) is 0 Å². The Morgan fingerprint density at radius 3 is 2.25 bits per heavy atom. The molecule has 0 aliphatic heterocycles. The fourth-order valence-electron chi connectivity index (χ4n) is 3.87. The van der Waals surface area contributed by atoms with E-state index in [-0.39, 0.29) is 0 Å². The highest BCUT2D eigenvalue weighted by Gasteiger charge is 2.73. The third-order valence-electron chi connectivity index (χ3n) is 5.10. The van der Waals surface area contributed by atoms with Gasteiger partial charge in [0, 0.05) is 0 Å². The van der Waals surface area contributed by atoms with E-state index in [9.17, 15) is 0 Å². The first-order valence-electron chi connectivity index (χ1n) is 5.64. The summed E-state index contributed by atoms with van der Waals surface area (Å²) in [6, 6.07) is 0. The van der Waals surface area contributed by atoms with Crippen molar-refractivity contribution in [1.82, 2.24) is 0 Å². The van der Waals surface area contributed by atoms with Crippen LogP contribution < -0.4 is 0 Å². The van der Waals surface area contributed by atoms with Crippen LogP contribution in [0.15, 0.2) is 0 Å². The van der Waals surface area contributed by atoms with Crippen LogP contribution in [0.5, 0.6) is 0 Å². The molecule has 70 valence electrons. The van der Waals surface area contributed by atoms with E-state index in [2.05, 4.69) is 27.7 Å². The number of hydrogen-bond acceptors (Lipinski definition) is 0. The Kier molecular flexibility index (Phi) is 1.79. The highest BCUT2D eigenvalue weighted by molar-refractivity contribution is 5.20. The lowest BCUT2D eigenvalue weighted by molar-refractivity contribution is 0.0795. The van der Waals surface area contributed by atoms with Gasteiger partial charge in [0.2, 0.25) is 0 Å². The van der Waals surface area contributed by atoms with Crippen LogP contribution in [0.4, 0.5) is 0 Å². The van der Waals surface area contributed by atoms with E-state index < -0.39 is 0 Å². The molecule has 0 heteroatoms. The van der Waals surface area contributed by atoms with E-state index >= 15 is 0 Å². The minimum atomic E-state index is 0.776. The summed E-state index contributed by atoms with van der Waals surface area (Å²) in [5, 5.41) is 0. The molecule has 0 aromatic heterocycles. The average molecular weight is 166 g/mol. The predicted molar refractivity (Wildman–Crippen MR) is 52.9 cm³/mol. The monoisotopic (exact) mass is 166 g/mol. The molecule has 0 spiro atoms. The van der Waals surface area contributed by atoms with Gasteiger partial charge in [0.05, 0.1) is 0 Å². The Bertz CT molecular complexity index is 176. The average Bonchev–Trinajstić information content (AvgIpc) is 2.54. The molecule has 0 bridgehead atoms. The van der Waals surface area contributed by atoms with Gasteiger partial charge < -0.3 is 0 Å². The van der Waals surface area contributed by atoms with E-state index in [1.807, 2.05) is 0 Å². The molecule has 0 saturated heterocycles. The van der Waals surface area contributed by atoms with Crippen LogP contribution in [0.1, 0.15) is 47.0 Å². The van der Waals surface area contributed by atoms with Crippen LogP contribution in [0.3, 0.4) is 0 Å². The molecule has 5 atom stereocenters. The van der Waals surface area contributed by atoms with Crippen molar-refractivity contribution in [2.75, 3.05) is 0 Å². The molecule has 2 aliphatic carbocycles. The Morgan fingerprint density at radius 2 is 1.83 bits per heavy atom. The van der Waals surface area contributed by atoms with Crippen molar-refractivity contribution in [3.05, 3.63) is 0 Å². The van der Waals surface area contributed by atoms with Gasteiger partial charge >= 0.3 is 0 Å². The summed E-state index contributed by atoms with van der Waals surface area (Å²) in [5.41, 5.74) is 0.776. The van der Waals surface area contributed by atoms with Crippen LogP contribution in [0.2, 0.25) is 0 Å². The second-order valence-corrected chi connectivity index (χ2v) is 5.28. The number of rotatable bonds is 3.